The normalized spacial score (nSPS) is 9.93. The van der Waals surface area contributed by atoms with Crippen LogP contribution in [-0.2, 0) is 0 Å². The van der Waals surface area contributed by atoms with E-state index in [1.165, 1.54) is 0 Å². The van der Waals surface area contributed by atoms with Crippen molar-refractivity contribution in [2.75, 3.05) is 13.1 Å². The van der Waals surface area contributed by atoms with E-state index in [4.69, 9.17) is 5.41 Å². The second kappa shape index (κ2) is 4.69. The zero-order valence-electron chi connectivity index (χ0n) is 8.91. The number of hydrogen-bond acceptors (Lipinski definition) is 3. The fourth-order valence-corrected chi connectivity index (χ4v) is 1.29. The first-order chi connectivity index (χ1) is 6.69. The first-order valence-corrected chi connectivity index (χ1v) is 4.82. The summed E-state index contributed by atoms with van der Waals surface area (Å²) in [4.78, 5) is 10.2. The molecule has 0 spiro atoms. The number of aromatic nitrogens is 2. The smallest absolute Gasteiger partial charge is 0.147 e. The molecule has 14 heavy (non-hydrogen) atoms. The summed E-state index contributed by atoms with van der Waals surface area (Å²) in [6, 6.07) is 1.77. The van der Waals surface area contributed by atoms with Gasteiger partial charge in [-0.3, -0.25) is 5.41 Å². The molecular formula is C10H16N4. The van der Waals surface area contributed by atoms with Gasteiger partial charge in [0.2, 0.25) is 0 Å². The van der Waals surface area contributed by atoms with E-state index in [0.29, 0.717) is 17.4 Å². The molecule has 0 aromatic carbocycles. The van der Waals surface area contributed by atoms with E-state index in [0.717, 1.165) is 13.1 Å². The highest BCUT2D eigenvalue weighted by Crippen LogP contribution is 2.01. The predicted octanol–water partition coefficient (Wildman–Crippen LogP) is 1.45. The number of nitrogens with one attached hydrogen (secondary N) is 1. The third-order valence-corrected chi connectivity index (χ3v) is 2.10. The SMILES string of the molecule is CCN(CC)C(=N)c1ccnc(C)n1. The number of nitrogens with zero attached hydrogens (tertiary/aromatic N) is 3. The van der Waals surface area contributed by atoms with E-state index >= 15 is 0 Å². The van der Waals surface area contributed by atoms with E-state index in [1.807, 2.05) is 25.7 Å². The van der Waals surface area contributed by atoms with Crippen molar-refractivity contribution >= 4 is 5.84 Å². The molecule has 0 atom stereocenters. The lowest BCUT2D eigenvalue weighted by atomic mass is 10.3. The highest BCUT2D eigenvalue weighted by molar-refractivity contribution is 5.94. The Labute approximate surface area is 84.5 Å². The van der Waals surface area contributed by atoms with Crippen molar-refractivity contribution in [3.05, 3.63) is 23.8 Å². The number of hydrogen-bond donors (Lipinski definition) is 1. The standard InChI is InChI=1S/C10H16N4/c1-4-14(5-2)10(11)9-6-7-12-8(3)13-9/h6-7,11H,4-5H2,1-3H3. The molecule has 1 N–H and O–H groups in total. The van der Waals surface area contributed by atoms with Crippen molar-refractivity contribution in [1.82, 2.24) is 14.9 Å². The lowest BCUT2D eigenvalue weighted by Crippen LogP contribution is -2.31. The molecule has 0 aliphatic heterocycles. The van der Waals surface area contributed by atoms with Gasteiger partial charge in [-0.25, -0.2) is 9.97 Å². The maximum atomic E-state index is 7.92. The van der Waals surface area contributed by atoms with Gasteiger partial charge in [0.05, 0.1) is 0 Å². The summed E-state index contributed by atoms with van der Waals surface area (Å²) in [6.07, 6.45) is 1.69. The van der Waals surface area contributed by atoms with Crippen LogP contribution in [0.2, 0.25) is 0 Å². The van der Waals surface area contributed by atoms with Crippen LogP contribution in [0.4, 0.5) is 0 Å². The van der Waals surface area contributed by atoms with E-state index in [1.54, 1.807) is 12.3 Å². The summed E-state index contributed by atoms with van der Waals surface area (Å²) in [6.45, 7) is 7.56. The fourth-order valence-electron chi connectivity index (χ4n) is 1.29. The fraction of sp³-hybridized carbons (Fsp3) is 0.500. The third-order valence-electron chi connectivity index (χ3n) is 2.10. The van der Waals surface area contributed by atoms with Gasteiger partial charge in [0.1, 0.15) is 17.4 Å². The van der Waals surface area contributed by atoms with E-state index in [2.05, 4.69) is 9.97 Å². The summed E-state index contributed by atoms with van der Waals surface area (Å²) in [5.41, 5.74) is 0.696. The molecule has 0 aliphatic carbocycles. The quantitative estimate of drug-likeness (QED) is 0.582. The topological polar surface area (TPSA) is 52.9 Å². The number of rotatable bonds is 3. The number of aryl methyl sites for hydroxylation is 1. The van der Waals surface area contributed by atoms with Crippen LogP contribution in [0.3, 0.4) is 0 Å². The van der Waals surface area contributed by atoms with Crippen LogP contribution in [0, 0.1) is 12.3 Å². The van der Waals surface area contributed by atoms with Gasteiger partial charge in [0.15, 0.2) is 0 Å². The zero-order valence-corrected chi connectivity index (χ0v) is 8.91. The Morgan fingerprint density at radius 1 is 1.43 bits per heavy atom. The molecule has 0 saturated carbocycles. The van der Waals surface area contributed by atoms with Crippen LogP contribution in [0.15, 0.2) is 12.3 Å². The average Bonchev–Trinajstić information content (AvgIpc) is 2.19. The van der Waals surface area contributed by atoms with Gasteiger partial charge in [0.25, 0.3) is 0 Å². The molecule has 76 valence electrons. The van der Waals surface area contributed by atoms with Crippen molar-refractivity contribution in [2.45, 2.75) is 20.8 Å². The molecule has 0 amide bonds. The van der Waals surface area contributed by atoms with E-state index in [9.17, 15) is 0 Å². The molecule has 1 aromatic heterocycles. The summed E-state index contributed by atoms with van der Waals surface area (Å²) in [5, 5.41) is 7.92. The lowest BCUT2D eigenvalue weighted by molar-refractivity contribution is 0.462. The molecule has 0 fully saturated rings. The Bertz CT molecular complexity index is 318. The van der Waals surface area contributed by atoms with Gasteiger partial charge in [-0.15, -0.1) is 0 Å². The Balaban J connectivity index is 2.88. The molecule has 1 heterocycles. The monoisotopic (exact) mass is 192 g/mol. The van der Waals surface area contributed by atoms with Crippen molar-refractivity contribution in [2.24, 2.45) is 0 Å². The highest BCUT2D eigenvalue weighted by Gasteiger charge is 2.09. The minimum atomic E-state index is 0.473. The second-order valence-electron chi connectivity index (χ2n) is 3.01. The molecule has 4 heteroatoms. The van der Waals surface area contributed by atoms with Gasteiger partial charge in [-0.1, -0.05) is 0 Å². The van der Waals surface area contributed by atoms with Crippen LogP contribution in [-0.4, -0.2) is 33.8 Å². The third kappa shape index (κ3) is 2.28. The van der Waals surface area contributed by atoms with Crippen LogP contribution in [0.25, 0.3) is 0 Å². The molecule has 0 radical (unpaired) electrons. The molecule has 1 aromatic rings. The maximum absolute atomic E-state index is 7.92. The van der Waals surface area contributed by atoms with Crippen molar-refractivity contribution in [1.29, 1.82) is 5.41 Å². The largest absolute Gasteiger partial charge is 0.356 e. The van der Waals surface area contributed by atoms with Crippen molar-refractivity contribution in [3.63, 3.8) is 0 Å². The van der Waals surface area contributed by atoms with Gasteiger partial charge >= 0.3 is 0 Å². The summed E-state index contributed by atoms with van der Waals surface area (Å²) in [7, 11) is 0. The molecule has 0 unspecified atom stereocenters. The first kappa shape index (κ1) is 10.6. The van der Waals surface area contributed by atoms with E-state index < -0.39 is 0 Å². The highest BCUT2D eigenvalue weighted by atomic mass is 15.2. The first-order valence-electron chi connectivity index (χ1n) is 4.82. The summed E-state index contributed by atoms with van der Waals surface area (Å²) in [5.74, 6) is 1.18. The average molecular weight is 192 g/mol. The maximum Gasteiger partial charge on any atom is 0.147 e. The van der Waals surface area contributed by atoms with Gasteiger partial charge in [-0.2, -0.15) is 0 Å². The van der Waals surface area contributed by atoms with Crippen LogP contribution in [0.5, 0.6) is 0 Å². The molecule has 0 aliphatic rings. The van der Waals surface area contributed by atoms with Gasteiger partial charge < -0.3 is 4.90 Å². The molecule has 1 rings (SSSR count). The Morgan fingerprint density at radius 2 is 2.07 bits per heavy atom. The number of amidine groups is 1. The Kier molecular flexibility index (Phi) is 3.56. The van der Waals surface area contributed by atoms with Gasteiger partial charge in [0, 0.05) is 19.3 Å². The zero-order chi connectivity index (χ0) is 10.6. The minimum Gasteiger partial charge on any atom is -0.356 e. The summed E-state index contributed by atoms with van der Waals surface area (Å²) < 4.78 is 0. The Morgan fingerprint density at radius 3 is 2.57 bits per heavy atom. The second-order valence-corrected chi connectivity index (χ2v) is 3.01. The van der Waals surface area contributed by atoms with Crippen LogP contribution >= 0.6 is 0 Å². The van der Waals surface area contributed by atoms with Gasteiger partial charge in [-0.05, 0) is 26.8 Å². The summed E-state index contributed by atoms with van der Waals surface area (Å²) >= 11 is 0. The molecule has 4 nitrogen and oxygen atoms in total. The van der Waals surface area contributed by atoms with Crippen LogP contribution in [0.1, 0.15) is 25.4 Å². The minimum absolute atomic E-state index is 0.473. The molecule has 0 saturated heterocycles. The van der Waals surface area contributed by atoms with Crippen LogP contribution < -0.4 is 0 Å². The molecule has 0 bridgehead atoms. The van der Waals surface area contributed by atoms with Crippen molar-refractivity contribution < 1.29 is 0 Å². The van der Waals surface area contributed by atoms with Crippen molar-refractivity contribution in [3.8, 4) is 0 Å². The van der Waals surface area contributed by atoms with E-state index in [-0.39, 0.29) is 0 Å². The predicted molar refractivity (Wildman–Crippen MR) is 56.5 cm³/mol. The Hall–Kier alpha value is -1.45. The molecular weight excluding hydrogens is 176 g/mol. The lowest BCUT2D eigenvalue weighted by Gasteiger charge is -2.20.